The van der Waals surface area contributed by atoms with E-state index in [0.29, 0.717) is 5.82 Å². The van der Waals surface area contributed by atoms with E-state index >= 15 is 0 Å². The summed E-state index contributed by atoms with van der Waals surface area (Å²) in [5.74, 6) is 0.474. The molecule has 0 bridgehead atoms. The molecule has 0 aliphatic heterocycles. The summed E-state index contributed by atoms with van der Waals surface area (Å²) in [5.41, 5.74) is 0. The van der Waals surface area contributed by atoms with Crippen LogP contribution in [0.4, 0.5) is 0 Å². The molecule has 2 aromatic rings. The zero-order valence-electron chi connectivity index (χ0n) is 8.33. The van der Waals surface area contributed by atoms with Crippen molar-refractivity contribution in [3.8, 4) is 5.82 Å². The van der Waals surface area contributed by atoms with Gasteiger partial charge in [-0.15, -0.1) is 0 Å². The zero-order chi connectivity index (χ0) is 11.8. The van der Waals surface area contributed by atoms with E-state index in [4.69, 9.17) is 11.6 Å². The summed E-state index contributed by atoms with van der Waals surface area (Å²) in [5, 5.41) is 3.94. The van der Waals surface area contributed by atoms with Crippen molar-refractivity contribution in [1.29, 1.82) is 0 Å². The van der Waals surface area contributed by atoms with Crippen LogP contribution >= 0.6 is 11.6 Å². The minimum absolute atomic E-state index is 0.000167. The number of hydrogen-bond donors (Lipinski definition) is 0. The van der Waals surface area contributed by atoms with Gasteiger partial charge in [-0.05, 0) is 12.1 Å². The summed E-state index contributed by atoms with van der Waals surface area (Å²) < 4.78 is 24.0. The van der Waals surface area contributed by atoms with Crippen molar-refractivity contribution >= 4 is 21.4 Å². The van der Waals surface area contributed by atoms with Gasteiger partial charge in [-0.25, -0.2) is 18.1 Å². The lowest BCUT2D eigenvalue weighted by atomic mass is 10.5. The third kappa shape index (κ3) is 1.94. The van der Waals surface area contributed by atoms with Crippen LogP contribution in [0.25, 0.3) is 5.82 Å². The van der Waals surface area contributed by atoms with Crippen LogP contribution in [0.15, 0.2) is 35.5 Å². The smallest absolute Gasteiger partial charge is 0.180 e. The van der Waals surface area contributed by atoms with Gasteiger partial charge in [0.05, 0.1) is 6.20 Å². The van der Waals surface area contributed by atoms with Gasteiger partial charge in [0.1, 0.15) is 4.90 Å². The van der Waals surface area contributed by atoms with E-state index in [2.05, 4.69) is 10.1 Å². The number of pyridine rings is 1. The molecule has 16 heavy (non-hydrogen) atoms. The summed E-state index contributed by atoms with van der Waals surface area (Å²) >= 11 is 5.92. The maximum Gasteiger partial charge on any atom is 0.180 e. The molecule has 0 amide bonds. The van der Waals surface area contributed by atoms with E-state index in [1.165, 1.54) is 10.9 Å². The van der Waals surface area contributed by atoms with E-state index < -0.39 is 9.84 Å². The SMILES string of the molecule is CS(=O)(=O)c1cnn(-c2ccccn2)c1Cl. The largest absolute Gasteiger partial charge is 0.237 e. The molecular weight excluding hydrogens is 250 g/mol. The standard InChI is InChI=1S/C9H8ClN3O2S/c1-16(14,15)7-6-12-13(9(7)10)8-4-2-3-5-11-8/h2-6H,1H3. The summed E-state index contributed by atoms with van der Waals surface area (Å²) in [4.78, 5) is 4.03. The second-order valence-corrected chi connectivity index (χ2v) is 5.51. The molecule has 0 fully saturated rings. The molecule has 0 spiro atoms. The highest BCUT2D eigenvalue weighted by Gasteiger charge is 2.18. The van der Waals surface area contributed by atoms with E-state index in [1.807, 2.05) is 0 Å². The number of rotatable bonds is 2. The molecule has 2 rings (SSSR count). The zero-order valence-corrected chi connectivity index (χ0v) is 9.90. The molecule has 0 radical (unpaired) electrons. The van der Waals surface area contributed by atoms with Gasteiger partial charge in [0, 0.05) is 12.5 Å². The van der Waals surface area contributed by atoms with Gasteiger partial charge in [0.2, 0.25) is 0 Å². The Labute approximate surface area is 97.6 Å². The van der Waals surface area contributed by atoms with Crippen LogP contribution in [0.3, 0.4) is 0 Å². The Bertz CT molecular complexity index is 607. The minimum atomic E-state index is -3.36. The molecule has 0 atom stereocenters. The van der Waals surface area contributed by atoms with Crippen molar-refractivity contribution in [2.24, 2.45) is 0 Å². The maximum atomic E-state index is 11.3. The molecule has 7 heteroatoms. The van der Waals surface area contributed by atoms with Gasteiger partial charge in [-0.2, -0.15) is 5.10 Å². The molecular formula is C9H8ClN3O2S. The minimum Gasteiger partial charge on any atom is -0.237 e. The monoisotopic (exact) mass is 257 g/mol. The fourth-order valence-electron chi connectivity index (χ4n) is 1.21. The second kappa shape index (κ2) is 3.88. The molecule has 0 unspecified atom stereocenters. The molecule has 0 aliphatic rings. The Kier molecular flexibility index (Phi) is 2.69. The summed E-state index contributed by atoms with van der Waals surface area (Å²) in [6.07, 6.45) is 3.87. The molecule has 0 saturated carbocycles. The Morgan fingerprint density at radius 1 is 1.38 bits per heavy atom. The van der Waals surface area contributed by atoms with E-state index in [0.717, 1.165) is 6.26 Å². The number of aromatic nitrogens is 3. The Balaban J connectivity index is 2.59. The highest BCUT2D eigenvalue weighted by Crippen LogP contribution is 2.22. The van der Waals surface area contributed by atoms with E-state index in [1.54, 1.807) is 24.4 Å². The second-order valence-electron chi connectivity index (χ2n) is 3.17. The number of nitrogens with zero attached hydrogens (tertiary/aromatic N) is 3. The average Bonchev–Trinajstić information content (AvgIpc) is 2.61. The molecule has 0 saturated heterocycles. The molecule has 5 nitrogen and oxygen atoms in total. The third-order valence-electron chi connectivity index (χ3n) is 1.95. The molecule has 2 heterocycles. The first-order chi connectivity index (χ1) is 7.50. The first kappa shape index (κ1) is 11.1. The molecule has 0 aliphatic carbocycles. The van der Waals surface area contributed by atoms with Gasteiger partial charge in [-0.3, -0.25) is 0 Å². The molecule has 0 N–H and O–H groups in total. The molecule has 84 valence electrons. The van der Waals surface area contributed by atoms with Crippen LogP contribution in [0.1, 0.15) is 0 Å². The number of sulfone groups is 1. The number of hydrogen-bond acceptors (Lipinski definition) is 4. The number of halogens is 1. The molecule has 0 aromatic carbocycles. The van der Waals surface area contributed by atoms with Crippen molar-refractivity contribution in [2.45, 2.75) is 4.90 Å². The van der Waals surface area contributed by atoms with Crippen LogP contribution in [-0.4, -0.2) is 29.4 Å². The highest BCUT2D eigenvalue weighted by molar-refractivity contribution is 7.90. The third-order valence-corrected chi connectivity index (χ3v) is 3.52. The van der Waals surface area contributed by atoms with Crippen LogP contribution in [-0.2, 0) is 9.84 Å². The van der Waals surface area contributed by atoms with E-state index in [-0.39, 0.29) is 10.0 Å². The van der Waals surface area contributed by atoms with Crippen molar-refractivity contribution in [3.63, 3.8) is 0 Å². The Hall–Kier alpha value is -1.40. The predicted molar refractivity (Wildman–Crippen MR) is 59.5 cm³/mol. The fraction of sp³-hybridized carbons (Fsp3) is 0.111. The Morgan fingerprint density at radius 3 is 2.62 bits per heavy atom. The van der Waals surface area contributed by atoms with Crippen LogP contribution in [0.2, 0.25) is 5.15 Å². The van der Waals surface area contributed by atoms with Gasteiger partial charge >= 0.3 is 0 Å². The summed E-state index contributed by atoms with van der Waals surface area (Å²) in [6, 6.07) is 5.20. The lowest BCUT2D eigenvalue weighted by Crippen LogP contribution is -2.00. The predicted octanol–water partition coefficient (Wildman–Crippen LogP) is 1.32. The lowest BCUT2D eigenvalue weighted by Gasteiger charge is -2.01. The van der Waals surface area contributed by atoms with Gasteiger partial charge in [-0.1, -0.05) is 17.7 Å². The van der Waals surface area contributed by atoms with Gasteiger partial charge < -0.3 is 0 Å². The van der Waals surface area contributed by atoms with Crippen molar-refractivity contribution in [1.82, 2.24) is 14.8 Å². The summed E-state index contributed by atoms with van der Waals surface area (Å²) in [6.45, 7) is 0. The highest BCUT2D eigenvalue weighted by atomic mass is 35.5. The van der Waals surface area contributed by atoms with Crippen LogP contribution < -0.4 is 0 Å². The quantitative estimate of drug-likeness (QED) is 0.814. The van der Waals surface area contributed by atoms with Crippen molar-refractivity contribution in [3.05, 3.63) is 35.7 Å². The first-order valence-corrected chi connectivity index (χ1v) is 6.62. The summed E-state index contributed by atoms with van der Waals surface area (Å²) in [7, 11) is -3.36. The van der Waals surface area contributed by atoms with Crippen LogP contribution in [0, 0.1) is 0 Å². The topological polar surface area (TPSA) is 64.8 Å². The van der Waals surface area contributed by atoms with E-state index in [9.17, 15) is 8.42 Å². The average molecular weight is 258 g/mol. The Morgan fingerprint density at radius 2 is 2.12 bits per heavy atom. The fourth-order valence-corrected chi connectivity index (χ4v) is 2.44. The maximum absolute atomic E-state index is 11.3. The van der Waals surface area contributed by atoms with Crippen LogP contribution in [0.5, 0.6) is 0 Å². The van der Waals surface area contributed by atoms with Gasteiger partial charge in [0.25, 0.3) is 0 Å². The lowest BCUT2D eigenvalue weighted by molar-refractivity contribution is 0.602. The molecule has 2 aromatic heterocycles. The van der Waals surface area contributed by atoms with Gasteiger partial charge in [0.15, 0.2) is 20.8 Å². The first-order valence-electron chi connectivity index (χ1n) is 4.35. The van der Waals surface area contributed by atoms with Crippen molar-refractivity contribution in [2.75, 3.05) is 6.26 Å². The normalized spacial score (nSPS) is 11.6. The van der Waals surface area contributed by atoms with Crippen molar-refractivity contribution < 1.29 is 8.42 Å².